The third-order valence-corrected chi connectivity index (χ3v) is 4.27. The predicted molar refractivity (Wildman–Crippen MR) is 89.9 cm³/mol. The van der Waals surface area contributed by atoms with Crippen molar-refractivity contribution in [1.82, 2.24) is 10.6 Å². The summed E-state index contributed by atoms with van der Waals surface area (Å²) < 4.78 is 5.36. The van der Waals surface area contributed by atoms with E-state index in [2.05, 4.69) is 10.6 Å². The zero-order valence-corrected chi connectivity index (χ0v) is 14.8. The first-order valence-corrected chi connectivity index (χ1v) is 8.10. The van der Waals surface area contributed by atoms with Gasteiger partial charge in [0.05, 0.1) is 5.02 Å². The number of carbonyl (C=O) groups is 2. The molecule has 7 heteroatoms. The van der Waals surface area contributed by atoms with E-state index >= 15 is 0 Å². The Kier molecular flexibility index (Phi) is 5.42. The van der Waals surface area contributed by atoms with E-state index in [9.17, 15) is 9.59 Å². The van der Waals surface area contributed by atoms with Crippen molar-refractivity contribution in [3.05, 3.63) is 28.2 Å². The minimum Gasteiger partial charge on any atom is -0.482 e. The number of benzene rings is 1. The van der Waals surface area contributed by atoms with Crippen LogP contribution in [0.1, 0.15) is 27.2 Å². The summed E-state index contributed by atoms with van der Waals surface area (Å²) in [4.78, 5) is 23.9. The van der Waals surface area contributed by atoms with Crippen molar-refractivity contribution in [2.24, 2.45) is 5.41 Å². The Morgan fingerprint density at radius 2 is 2.09 bits per heavy atom. The van der Waals surface area contributed by atoms with Gasteiger partial charge in [-0.2, -0.15) is 0 Å². The lowest BCUT2D eigenvalue weighted by Gasteiger charge is -2.26. The zero-order chi connectivity index (χ0) is 17.2. The Morgan fingerprint density at radius 1 is 1.39 bits per heavy atom. The molecule has 1 fully saturated rings. The molecule has 23 heavy (non-hydrogen) atoms. The molecule has 1 aromatic rings. The van der Waals surface area contributed by atoms with Crippen LogP contribution in [0.3, 0.4) is 0 Å². The van der Waals surface area contributed by atoms with E-state index in [-0.39, 0.29) is 29.9 Å². The van der Waals surface area contributed by atoms with E-state index in [1.54, 1.807) is 12.1 Å². The van der Waals surface area contributed by atoms with Crippen molar-refractivity contribution in [2.75, 3.05) is 6.61 Å². The number of hydrogen-bond acceptors (Lipinski definition) is 3. The molecule has 0 unspecified atom stereocenters. The van der Waals surface area contributed by atoms with E-state index in [4.69, 9.17) is 27.9 Å². The standard InChI is InChI=1S/C16H20Cl2N2O3/c1-16(2,3)13-7-11(15(22)20-13)19-14(21)8-23-12-5-4-9(17)6-10(12)18/h4-6,11,13H,7-8H2,1-3H3,(H,19,21)(H,20,22)/t11-,13-/m0/s1. The fourth-order valence-electron chi connectivity index (χ4n) is 2.34. The van der Waals surface area contributed by atoms with Gasteiger partial charge in [0, 0.05) is 11.1 Å². The van der Waals surface area contributed by atoms with Crippen LogP contribution >= 0.6 is 23.2 Å². The molecule has 0 spiro atoms. The Bertz CT molecular complexity index is 614. The molecule has 1 aromatic carbocycles. The number of nitrogens with one attached hydrogen (secondary N) is 2. The predicted octanol–water partition coefficient (Wildman–Crippen LogP) is 2.79. The minimum atomic E-state index is -0.531. The van der Waals surface area contributed by atoms with Gasteiger partial charge in [0.15, 0.2) is 6.61 Å². The highest BCUT2D eigenvalue weighted by molar-refractivity contribution is 6.35. The molecule has 2 atom stereocenters. The summed E-state index contributed by atoms with van der Waals surface area (Å²) in [6, 6.07) is 4.26. The van der Waals surface area contributed by atoms with Gasteiger partial charge in [-0.05, 0) is 30.0 Å². The second-order valence-corrected chi connectivity index (χ2v) is 7.49. The zero-order valence-electron chi connectivity index (χ0n) is 13.3. The second-order valence-electron chi connectivity index (χ2n) is 6.65. The molecule has 0 radical (unpaired) electrons. The van der Waals surface area contributed by atoms with Crippen molar-refractivity contribution in [3.8, 4) is 5.75 Å². The first-order valence-electron chi connectivity index (χ1n) is 7.34. The SMILES string of the molecule is CC(C)(C)[C@@H]1C[C@H](NC(=O)COc2ccc(Cl)cc2Cl)C(=O)N1. The summed E-state index contributed by atoms with van der Waals surface area (Å²) in [5.41, 5.74) is -0.0531. The van der Waals surface area contributed by atoms with Crippen molar-refractivity contribution in [1.29, 1.82) is 0 Å². The molecule has 0 aromatic heterocycles. The van der Waals surface area contributed by atoms with Crippen molar-refractivity contribution < 1.29 is 14.3 Å². The smallest absolute Gasteiger partial charge is 0.258 e. The Balaban J connectivity index is 1.87. The fourth-order valence-corrected chi connectivity index (χ4v) is 2.80. The van der Waals surface area contributed by atoms with Crippen molar-refractivity contribution >= 4 is 35.0 Å². The quantitative estimate of drug-likeness (QED) is 0.869. The third kappa shape index (κ3) is 4.75. The van der Waals surface area contributed by atoms with Crippen LogP contribution in [0.5, 0.6) is 5.75 Å². The number of hydrogen-bond donors (Lipinski definition) is 2. The van der Waals surface area contributed by atoms with Gasteiger partial charge in [-0.25, -0.2) is 0 Å². The molecule has 5 nitrogen and oxygen atoms in total. The molecule has 126 valence electrons. The van der Waals surface area contributed by atoms with Gasteiger partial charge < -0.3 is 15.4 Å². The fraction of sp³-hybridized carbons (Fsp3) is 0.500. The lowest BCUT2D eigenvalue weighted by atomic mass is 9.85. The molecule has 2 amide bonds. The lowest BCUT2D eigenvalue weighted by molar-refractivity contribution is -0.128. The van der Waals surface area contributed by atoms with Crippen LogP contribution in [-0.2, 0) is 9.59 Å². The van der Waals surface area contributed by atoms with E-state index in [0.29, 0.717) is 22.2 Å². The lowest BCUT2D eigenvalue weighted by Crippen LogP contribution is -2.42. The Labute approximate surface area is 145 Å². The average molecular weight is 359 g/mol. The molecule has 2 rings (SSSR count). The Morgan fingerprint density at radius 3 is 2.65 bits per heavy atom. The Hall–Kier alpha value is -1.46. The molecule has 0 saturated carbocycles. The van der Waals surface area contributed by atoms with E-state index in [1.165, 1.54) is 6.07 Å². The molecule has 2 N–H and O–H groups in total. The number of halogens is 2. The first kappa shape index (κ1) is 17.9. The molecular formula is C16H20Cl2N2O3. The molecule has 0 bridgehead atoms. The highest BCUT2D eigenvalue weighted by Crippen LogP contribution is 2.28. The summed E-state index contributed by atoms with van der Waals surface area (Å²) in [5, 5.41) is 6.41. The molecular weight excluding hydrogens is 339 g/mol. The molecule has 0 aliphatic carbocycles. The number of ether oxygens (including phenoxy) is 1. The molecule has 1 aliphatic heterocycles. The summed E-state index contributed by atoms with van der Waals surface area (Å²) >= 11 is 11.8. The molecule has 1 saturated heterocycles. The van der Waals surface area contributed by atoms with Gasteiger partial charge in [0.1, 0.15) is 11.8 Å². The number of carbonyl (C=O) groups excluding carboxylic acids is 2. The van der Waals surface area contributed by atoms with Crippen LogP contribution in [0.25, 0.3) is 0 Å². The van der Waals surface area contributed by atoms with E-state index in [0.717, 1.165) is 0 Å². The summed E-state index contributed by atoms with van der Waals surface area (Å²) in [6.07, 6.45) is 0.565. The van der Waals surface area contributed by atoms with Gasteiger partial charge in [0.2, 0.25) is 5.91 Å². The molecule has 1 heterocycles. The largest absolute Gasteiger partial charge is 0.482 e. The van der Waals surface area contributed by atoms with Crippen LogP contribution in [0, 0.1) is 5.41 Å². The third-order valence-electron chi connectivity index (χ3n) is 3.74. The van der Waals surface area contributed by atoms with Crippen molar-refractivity contribution in [3.63, 3.8) is 0 Å². The minimum absolute atomic E-state index is 0.0342. The number of rotatable bonds is 4. The maximum atomic E-state index is 12.0. The van der Waals surface area contributed by atoms with Crippen LogP contribution in [0.15, 0.2) is 18.2 Å². The van der Waals surface area contributed by atoms with E-state index in [1.807, 2.05) is 20.8 Å². The monoisotopic (exact) mass is 358 g/mol. The van der Waals surface area contributed by atoms with Gasteiger partial charge in [-0.1, -0.05) is 44.0 Å². The van der Waals surface area contributed by atoms with Crippen LogP contribution < -0.4 is 15.4 Å². The van der Waals surface area contributed by atoms with Crippen LogP contribution in [0.4, 0.5) is 0 Å². The summed E-state index contributed by atoms with van der Waals surface area (Å²) in [6.45, 7) is 5.93. The normalized spacial score (nSPS) is 21.0. The highest BCUT2D eigenvalue weighted by Gasteiger charge is 2.38. The molecule has 1 aliphatic rings. The van der Waals surface area contributed by atoms with Gasteiger partial charge in [-0.15, -0.1) is 0 Å². The highest BCUT2D eigenvalue weighted by atomic mass is 35.5. The second kappa shape index (κ2) is 6.97. The van der Waals surface area contributed by atoms with E-state index < -0.39 is 6.04 Å². The van der Waals surface area contributed by atoms with Crippen LogP contribution in [0.2, 0.25) is 10.0 Å². The topological polar surface area (TPSA) is 67.4 Å². The van der Waals surface area contributed by atoms with Gasteiger partial charge in [0.25, 0.3) is 5.91 Å². The number of amides is 2. The van der Waals surface area contributed by atoms with Crippen molar-refractivity contribution in [2.45, 2.75) is 39.3 Å². The summed E-state index contributed by atoms with van der Waals surface area (Å²) in [5.74, 6) is -0.164. The average Bonchev–Trinajstić information content (AvgIpc) is 2.79. The maximum Gasteiger partial charge on any atom is 0.258 e. The first-order chi connectivity index (χ1) is 10.7. The van der Waals surface area contributed by atoms with Crippen LogP contribution in [-0.4, -0.2) is 30.5 Å². The van der Waals surface area contributed by atoms with Gasteiger partial charge >= 0.3 is 0 Å². The summed E-state index contributed by atoms with van der Waals surface area (Å²) in [7, 11) is 0. The maximum absolute atomic E-state index is 12.0. The van der Waals surface area contributed by atoms with Gasteiger partial charge in [-0.3, -0.25) is 9.59 Å².